The molecule has 0 amide bonds. The smallest absolute Gasteiger partial charge is 0.185 e. The molecule has 0 spiro atoms. The van der Waals surface area contributed by atoms with Crippen molar-refractivity contribution in [1.29, 1.82) is 0 Å². The van der Waals surface area contributed by atoms with Gasteiger partial charge in [-0.05, 0) is 31.0 Å². The molecule has 1 aromatic carbocycles. The van der Waals surface area contributed by atoms with E-state index in [0.717, 1.165) is 25.3 Å². The quantitative estimate of drug-likeness (QED) is 0.488. The normalized spacial score (nSPS) is 24.3. The molecule has 0 radical (unpaired) electrons. The van der Waals surface area contributed by atoms with Gasteiger partial charge in [-0.1, -0.05) is 42.5 Å². The molecule has 0 bridgehead atoms. The fraction of sp³-hybridized carbons (Fsp3) is 0.467. The van der Waals surface area contributed by atoms with Gasteiger partial charge in [-0.25, -0.2) is 5.90 Å². The Hall–Kier alpha value is -1.14. The van der Waals surface area contributed by atoms with Gasteiger partial charge in [0.05, 0.1) is 12.5 Å². The summed E-state index contributed by atoms with van der Waals surface area (Å²) in [4.78, 5) is 5.87. The van der Waals surface area contributed by atoms with Crippen LogP contribution in [0.1, 0.15) is 24.7 Å². The summed E-state index contributed by atoms with van der Waals surface area (Å²) in [6.07, 6.45) is 0.960. The fourth-order valence-corrected chi connectivity index (χ4v) is 3.19. The van der Waals surface area contributed by atoms with Crippen LogP contribution in [0.2, 0.25) is 0 Å². The number of aromatic nitrogens is 4. The van der Waals surface area contributed by atoms with Crippen LogP contribution in [-0.4, -0.2) is 45.7 Å². The second kappa shape index (κ2) is 9.23. The van der Waals surface area contributed by atoms with Crippen molar-refractivity contribution in [2.75, 3.05) is 20.2 Å². The number of aromatic amines is 1. The molecule has 2 unspecified atom stereocenters. The van der Waals surface area contributed by atoms with E-state index in [4.69, 9.17) is 0 Å². The average molecular weight is 487 g/mol. The molecule has 1 saturated heterocycles. The van der Waals surface area contributed by atoms with Crippen LogP contribution in [0, 0.1) is 13.0 Å². The molecule has 3 N–H and O–H groups in total. The van der Waals surface area contributed by atoms with Gasteiger partial charge >= 0.3 is 0 Å². The first-order valence-corrected chi connectivity index (χ1v) is 7.23. The zero-order chi connectivity index (χ0) is 16.0. The molecule has 0 aliphatic carbocycles. The van der Waals surface area contributed by atoms with Gasteiger partial charge in [-0.2, -0.15) is 5.21 Å². The van der Waals surface area contributed by atoms with Crippen LogP contribution in [0.5, 0.6) is 0 Å². The van der Waals surface area contributed by atoms with Gasteiger partial charge in [0.2, 0.25) is 0 Å². The number of nitrogens with two attached hydrogens (primary N) is 1. The number of benzene rings is 1. The number of H-pyrrole nitrogens is 1. The summed E-state index contributed by atoms with van der Waals surface area (Å²) in [5.41, 5.74) is 1.10. The minimum Gasteiger partial charge on any atom is -0.459 e. The molecule has 0 saturated carbocycles. The largest absolute Gasteiger partial charge is 0.459 e. The first-order chi connectivity index (χ1) is 10.6. The minimum absolute atomic E-state index is 0. The van der Waals surface area contributed by atoms with Crippen molar-refractivity contribution in [3.05, 3.63) is 48.8 Å². The summed E-state index contributed by atoms with van der Waals surface area (Å²) >= 11 is 0. The van der Waals surface area contributed by atoms with Crippen molar-refractivity contribution >= 4 is 0 Å². The van der Waals surface area contributed by atoms with Gasteiger partial charge in [0, 0.05) is 21.1 Å². The number of rotatable bonds is 2. The van der Waals surface area contributed by atoms with Gasteiger partial charge in [0.15, 0.2) is 5.82 Å². The third-order valence-electron chi connectivity index (χ3n) is 4.23. The van der Waals surface area contributed by atoms with E-state index in [1.165, 1.54) is 12.7 Å². The Balaban J connectivity index is 0.000000615. The molecule has 8 heteroatoms. The van der Waals surface area contributed by atoms with Gasteiger partial charge < -0.3 is 9.74 Å². The first-order valence-electron chi connectivity index (χ1n) is 7.23. The zero-order valence-corrected chi connectivity index (χ0v) is 16.4. The summed E-state index contributed by atoms with van der Waals surface area (Å²) < 4.78 is 0. The molecule has 1 aromatic heterocycles. The molecule has 1 aliphatic rings. The number of hydrogen-bond acceptors (Lipinski definition) is 6. The third-order valence-corrected chi connectivity index (χ3v) is 4.23. The van der Waals surface area contributed by atoms with Gasteiger partial charge in [-0.15, -0.1) is 10.2 Å². The van der Waals surface area contributed by atoms with Gasteiger partial charge in [0.1, 0.15) is 0 Å². The molecular weight excluding hydrogens is 464 g/mol. The monoisotopic (exact) mass is 487 g/mol. The topological polar surface area (TPSA) is 93.0 Å². The molecule has 23 heavy (non-hydrogen) atoms. The zero-order valence-electron chi connectivity index (χ0n) is 13.5. The van der Waals surface area contributed by atoms with Crippen molar-refractivity contribution < 1.29 is 25.9 Å². The molecule has 126 valence electrons. The molecule has 2 heterocycles. The SMILES string of the molecule is CON.[CH2-]N1CCC(c2ccccc2)(c2nn[nH]n2)C(C)C1.[W]. The molecule has 1 fully saturated rings. The van der Waals surface area contributed by atoms with Crippen molar-refractivity contribution in [1.82, 2.24) is 25.5 Å². The Bertz CT molecular complexity index is 552. The van der Waals surface area contributed by atoms with Gasteiger partial charge in [-0.3, -0.25) is 7.05 Å². The van der Waals surface area contributed by atoms with E-state index >= 15 is 0 Å². The first kappa shape index (κ1) is 19.9. The van der Waals surface area contributed by atoms with Crippen LogP contribution < -0.4 is 5.90 Å². The van der Waals surface area contributed by atoms with E-state index in [-0.39, 0.29) is 26.5 Å². The van der Waals surface area contributed by atoms with E-state index in [1.807, 2.05) is 6.07 Å². The third kappa shape index (κ3) is 4.23. The summed E-state index contributed by atoms with van der Waals surface area (Å²) in [5.74, 6) is 5.53. The van der Waals surface area contributed by atoms with Crippen molar-refractivity contribution in [2.45, 2.75) is 18.8 Å². The Morgan fingerprint density at radius 1 is 1.39 bits per heavy atom. The van der Waals surface area contributed by atoms with Gasteiger partial charge in [0.25, 0.3) is 0 Å². The minimum atomic E-state index is -0.164. The maximum Gasteiger partial charge on any atom is 0.185 e. The Morgan fingerprint density at radius 2 is 2.04 bits per heavy atom. The molecule has 2 aromatic rings. The molecule has 7 nitrogen and oxygen atoms in total. The molecule has 2 atom stereocenters. The van der Waals surface area contributed by atoms with Crippen LogP contribution >= 0.6 is 0 Å². The molecular formula is C15H23N6OW-. The fourth-order valence-electron chi connectivity index (χ4n) is 3.19. The van der Waals surface area contributed by atoms with Crippen molar-refractivity contribution in [3.8, 4) is 0 Å². The van der Waals surface area contributed by atoms with Crippen LogP contribution in [0.4, 0.5) is 0 Å². The number of likely N-dealkylation sites (tertiary alicyclic amines) is 1. The van der Waals surface area contributed by atoms with Crippen molar-refractivity contribution in [3.63, 3.8) is 0 Å². The Morgan fingerprint density at radius 3 is 2.57 bits per heavy atom. The summed E-state index contributed by atoms with van der Waals surface area (Å²) in [6.45, 7) is 4.11. The standard InChI is InChI=1S/C14H18N5.CH5NO.W/c1-11-10-19(2)9-8-14(11,13-15-17-18-16-13)12-6-4-3-5-7-12;1-3-2;/h3-7,11H,2,8-10H2,1H3,(H,15,16,17,18);2H2,1H3;/q-1;;. The molecule has 1 aliphatic heterocycles. The van der Waals surface area contributed by atoms with E-state index < -0.39 is 0 Å². The van der Waals surface area contributed by atoms with Crippen LogP contribution in [0.3, 0.4) is 0 Å². The number of piperidine rings is 1. The van der Waals surface area contributed by atoms with E-state index in [1.54, 1.807) is 0 Å². The number of nitrogens with one attached hydrogen (secondary N) is 1. The van der Waals surface area contributed by atoms with E-state index in [9.17, 15) is 0 Å². The maximum absolute atomic E-state index is 4.35. The maximum atomic E-state index is 4.35. The van der Waals surface area contributed by atoms with Crippen molar-refractivity contribution in [2.24, 2.45) is 11.8 Å². The second-order valence-corrected chi connectivity index (χ2v) is 5.54. The summed E-state index contributed by atoms with van der Waals surface area (Å²) in [6, 6.07) is 10.5. The Labute approximate surface area is 151 Å². The predicted octanol–water partition coefficient (Wildman–Crippen LogP) is 1.12. The number of hydrogen-bond donors (Lipinski definition) is 2. The van der Waals surface area contributed by atoms with E-state index in [0.29, 0.717) is 5.92 Å². The number of nitrogens with zero attached hydrogens (tertiary/aromatic N) is 4. The number of tetrazole rings is 1. The second-order valence-electron chi connectivity index (χ2n) is 5.54. The van der Waals surface area contributed by atoms with E-state index in [2.05, 4.69) is 74.5 Å². The average Bonchev–Trinajstić information content (AvgIpc) is 3.04. The summed E-state index contributed by atoms with van der Waals surface area (Å²) in [7, 11) is 5.46. The van der Waals surface area contributed by atoms with Crippen LogP contribution in [-0.2, 0) is 31.3 Å². The Kier molecular flexibility index (Phi) is 7.98. The van der Waals surface area contributed by atoms with Crippen LogP contribution in [0.15, 0.2) is 30.3 Å². The van der Waals surface area contributed by atoms with Crippen LogP contribution in [0.25, 0.3) is 0 Å². The predicted molar refractivity (Wildman–Crippen MR) is 83.3 cm³/mol. The summed E-state index contributed by atoms with van der Waals surface area (Å²) in [5, 5.41) is 14.9. The molecule has 3 rings (SSSR count).